The number of aromatic nitrogens is 5. The second-order valence-electron chi connectivity index (χ2n) is 8.77. The lowest BCUT2D eigenvalue weighted by molar-refractivity contribution is -0.132. The fraction of sp³-hybridized carbons (Fsp3) is 0.148. The number of nitrogens with zero attached hydrogens (tertiary/aromatic N) is 6. The fourth-order valence-electron chi connectivity index (χ4n) is 4.44. The van der Waals surface area contributed by atoms with Gasteiger partial charge in [-0.15, -0.1) is 0 Å². The number of carbonyl (C=O) groups excluding carboxylic acids is 1. The van der Waals surface area contributed by atoms with Crippen LogP contribution in [0.1, 0.15) is 5.56 Å². The van der Waals surface area contributed by atoms with Gasteiger partial charge in [0.15, 0.2) is 11.5 Å². The monoisotopic (exact) mass is 494 g/mol. The normalized spacial score (nSPS) is 13.9. The maximum atomic E-state index is 13.4. The van der Waals surface area contributed by atoms with Gasteiger partial charge in [0.2, 0.25) is 5.91 Å². The summed E-state index contributed by atoms with van der Waals surface area (Å²) in [6.45, 7) is 2.39. The highest BCUT2D eigenvalue weighted by Crippen LogP contribution is 2.31. The molecule has 0 unspecified atom stereocenters. The number of nitrogen functional groups attached to an aromatic ring is 1. The third kappa shape index (κ3) is 4.38. The number of benzene rings is 1. The van der Waals surface area contributed by atoms with Crippen LogP contribution in [0.25, 0.3) is 39.6 Å². The van der Waals surface area contributed by atoms with Crippen molar-refractivity contribution in [1.82, 2.24) is 34.7 Å². The number of hydrogen-bond acceptors (Lipinski definition) is 7. The lowest BCUT2D eigenvalue weighted by Gasteiger charge is -2.27. The topological polar surface area (TPSA) is 115 Å². The molecule has 1 aliphatic rings. The Morgan fingerprint density at radius 2 is 1.81 bits per heavy atom. The van der Waals surface area contributed by atoms with Crippen molar-refractivity contribution >= 4 is 22.9 Å². The predicted molar refractivity (Wildman–Crippen MR) is 138 cm³/mol. The van der Waals surface area contributed by atoms with Crippen LogP contribution in [-0.4, -0.2) is 54.9 Å². The van der Waals surface area contributed by atoms with Crippen molar-refractivity contribution in [2.24, 2.45) is 0 Å². The molecule has 4 aromatic heterocycles. The number of hydrogen-bond donors (Lipinski definition) is 2. The van der Waals surface area contributed by atoms with Gasteiger partial charge in [-0.25, -0.2) is 19.3 Å². The zero-order chi connectivity index (χ0) is 25.4. The molecule has 5 aromatic rings. The van der Waals surface area contributed by atoms with Gasteiger partial charge in [0.1, 0.15) is 17.2 Å². The second kappa shape index (κ2) is 9.40. The van der Waals surface area contributed by atoms with E-state index in [-0.39, 0.29) is 5.91 Å². The van der Waals surface area contributed by atoms with Crippen molar-refractivity contribution in [3.8, 4) is 28.5 Å². The molecule has 9 nitrogen and oxygen atoms in total. The number of anilines is 1. The molecule has 5 heterocycles. The first kappa shape index (κ1) is 22.7. The smallest absolute Gasteiger partial charge is 0.236 e. The Morgan fingerprint density at radius 1 is 0.973 bits per heavy atom. The maximum Gasteiger partial charge on any atom is 0.236 e. The predicted octanol–water partition coefficient (Wildman–Crippen LogP) is 3.20. The van der Waals surface area contributed by atoms with E-state index >= 15 is 0 Å². The molecule has 184 valence electrons. The zero-order valence-electron chi connectivity index (χ0n) is 19.8. The Bertz CT molecular complexity index is 1600. The highest BCUT2D eigenvalue weighted by atomic mass is 19.1. The van der Waals surface area contributed by atoms with Crippen LogP contribution >= 0.6 is 0 Å². The summed E-state index contributed by atoms with van der Waals surface area (Å²) in [6, 6.07) is 18.2. The zero-order valence-corrected chi connectivity index (χ0v) is 19.8. The minimum absolute atomic E-state index is 0.0939. The average Bonchev–Trinajstić information content (AvgIpc) is 3.30. The van der Waals surface area contributed by atoms with Crippen LogP contribution in [0.5, 0.6) is 0 Å². The van der Waals surface area contributed by atoms with Crippen molar-refractivity contribution < 1.29 is 9.18 Å². The quantitative estimate of drug-likeness (QED) is 0.386. The number of pyridine rings is 3. The molecule has 6 rings (SSSR count). The Morgan fingerprint density at radius 3 is 2.57 bits per heavy atom. The van der Waals surface area contributed by atoms with Crippen LogP contribution in [0.4, 0.5) is 10.2 Å². The minimum atomic E-state index is -0.410. The second-order valence-corrected chi connectivity index (χ2v) is 8.77. The Balaban J connectivity index is 1.46. The first-order valence-electron chi connectivity index (χ1n) is 11.9. The van der Waals surface area contributed by atoms with Gasteiger partial charge in [0.05, 0.1) is 29.7 Å². The standard InChI is InChI=1S/C27H23FN8O/c28-18-5-8-21(32-14-18)22-9-10-23-27(33-22)36(26(34-23)20-2-1-11-31-25(20)29)19-6-3-17(4-7-19)16-35-13-12-30-15-24(35)37/h1-11,14,30H,12-13,15-16H2,(H2,29,31). The molecule has 0 aliphatic carbocycles. The third-order valence-corrected chi connectivity index (χ3v) is 6.33. The molecule has 1 aliphatic heterocycles. The molecule has 10 heteroatoms. The van der Waals surface area contributed by atoms with Crippen LogP contribution in [0.2, 0.25) is 0 Å². The van der Waals surface area contributed by atoms with E-state index in [0.717, 1.165) is 17.8 Å². The lowest BCUT2D eigenvalue weighted by Crippen LogP contribution is -2.47. The summed E-state index contributed by atoms with van der Waals surface area (Å²) < 4.78 is 15.4. The van der Waals surface area contributed by atoms with Crippen molar-refractivity contribution in [2.75, 3.05) is 25.4 Å². The Kier molecular flexibility index (Phi) is 5.78. The van der Waals surface area contributed by atoms with E-state index < -0.39 is 5.82 Å². The SMILES string of the molecule is Nc1ncccc1-c1nc2ccc(-c3ccc(F)cn3)nc2n1-c1ccc(CN2CCNCC2=O)cc1. The van der Waals surface area contributed by atoms with Crippen LogP contribution < -0.4 is 11.1 Å². The van der Waals surface area contributed by atoms with Crippen molar-refractivity contribution in [2.45, 2.75) is 6.54 Å². The molecule has 0 radical (unpaired) electrons. The summed E-state index contributed by atoms with van der Waals surface area (Å²) in [6.07, 6.45) is 2.80. The van der Waals surface area contributed by atoms with Crippen molar-refractivity contribution in [1.29, 1.82) is 0 Å². The summed E-state index contributed by atoms with van der Waals surface area (Å²) in [5.41, 5.74) is 11.2. The van der Waals surface area contributed by atoms with E-state index in [1.807, 2.05) is 58.0 Å². The molecule has 0 atom stereocenters. The van der Waals surface area contributed by atoms with Gasteiger partial charge in [-0.05, 0) is 54.1 Å². The summed E-state index contributed by atoms with van der Waals surface area (Å²) in [5.74, 6) is 0.638. The van der Waals surface area contributed by atoms with E-state index in [9.17, 15) is 9.18 Å². The number of carbonyl (C=O) groups is 1. The number of amides is 1. The molecule has 0 saturated carbocycles. The largest absolute Gasteiger partial charge is 0.383 e. The number of imidazole rings is 1. The highest BCUT2D eigenvalue weighted by molar-refractivity contribution is 5.84. The fourth-order valence-corrected chi connectivity index (χ4v) is 4.44. The van der Waals surface area contributed by atoms with Crippen molar-refractivity contribution in [3.05, 3.63) is 84.4 Å². The Hall–Kier alpha value is -4.70. The number of fused-ring (bicyclic) bond motifs is 1. The summed E-state index contributed by atoms with van der Waals surface area (Å²) in [7, 11) is 0. The van der Waals surface area contributed by atoms with Gasteiger partial charge < -0.3 is 16.0 Å². The molecule has 0 bridgehead atoms. The van der Waals surface area contributed by atoms with E-state index in [1.54, 1.807) is 12.3 Å². The number of piperazine rings is 1. The molecule has 37 heavy (non-hydrogen) atoms. The van der Waals surface area contributed by atoms with Crippen LogP contribution in [-0.2, 0) is 11.3 Å². The number of rotatable bonds is 5. The summed E-state index contributed by atoms with van der Waals surface area (Å²) in [4.78, 5) is 32.1. The number of halogens is 1. The molecule has 1 saturated heterocycles. The Labute approximate surface area is 211 Å². The lowest BCUT2D eigenvalue weighted by atomic mass is 10.1. The first-order valence-corrected chi connectivity index (χ1v) is 11.9. The van der Waals surface area contributed by atoms with Crippen LogP contribution in [0, 0.1) is 5.82 Å². The minimum Gasteiger partial charge on any atom is -0.383 e. The molecular formula is C27H23FN8O. The number of nitrogens with two attached hydrogens (primary N) is 1. The van der Waals surface area contributed by atoms with E-state index in [0.29, 0.717) is 59.4 Å². The highest BCUT2D eigenvalue weighted by Gasteiger charge is 2.20. The van der Waals surface area contributed by atoms with Crippen LogP contribution in [0.3, 0.4) is 0 Å². The maximum absolute atomic E-state index is 13.4. The molecule has 1 fully saturated rings. The molecule has 1 aromatic carbocycles. The summed E-state index contributed by atoms with van der Waals surface area (Å²) in [5, 5.41) is 3.09. The molecule has 3 N–H and O–H groups in total. The van der Waals surface area contributed by atoms with E-state index in [4.69, 9.17) is 15.7 Å². The average molecular weight is 495 g/mol. The first-order chi connectivity index (χ1) is 18.1. The molecule has 1 amide bonds. The van der Waals surface area contributed by atoms with Gasteiger partial charge in [-0.2, -0.15) is 0 Å². The molecular weight excluding hydrogens is 471 g/mol. The summed E-state index contributed by atoms with van der Waals surface area (Å²) >= 11 is 0. The van der Waals surface area contributed by atoms with Gasteiger partial charge >= 0.3 is 0 Å². The molecule has 0 spiro atoms. The van der Waals surface area contributed by atoms with Gasteiger partial charge in [-0.3, -0.25) is 14.3 Å². The van der Waals surface area contributed by atoms with Crippen molar-refractivity contribution in [3.63, 3.8) is 0 Å². The van der Waals surface area contributed by atoms with Gasteiger partial charge in [0.25, 0.3) is 0 Å². The van der Waals surface area contributed by atoms with Crippen LogP contribution in [0.15, 0.2) is 73.1 Å². The van der Waals surface area contributed by atoms with Gasteiger partial charge in [0, 0.05) is 31.5 Å². The van der Waals surface area contributed by atoms with E-state index in [2.05, 4.69) is 15.3 Å². The van der Waals surface area contributed by atoms with E-state index in [1.165, 1.54) is 12.3 Å². The number of nitrogens with one attached hydrogen (secondary N) is 1. The third-order valence-electron chi connectivity index (χ3n) is 6.33. The van der Waals surface area contributed by atoms with Gasteiger partial charge in [-0.1, -0.05) is 12.1 Å².